The molecule has 3 aromatic rings. The summed E-state index contributed by atoms with van der Waals surface area (Å²) in [5.74, 6) is -0.890. The molecule has 1 aromatic heterocycles. The third kappa shape index (κ3) is 3.00. The van der Waals surface area contributed by atoms with Gasteiger partial charge in [-0.3, -0.25) is 4.98 Å². The monoisotopic (exact) mass is 314 g/mol. The van der Waals surface area contributed by atoms with Gasteiger partial charge in [-0.1, -0.05) is 18.2 Å². The zero-order valence-corrected chi connectivity index (χ0v) is 12.8. The summed E-state index contributed by atoms with van der Waals surface area (Å²) in [6.07, 6.45) is 1.48. The van der Waals surface area contributed by atoms with Crippen molar-refractivity contribution in [2.75, 3.05) is 5.32 Å². The van der Waals surface area contributed by atoms with Crippen molar-refractivity contribution in [3.63, 3.8) is 0 Å². The Balaban J connectivity index is 2.05. The van der Waals surface area contributed by atoms with Crippen LogP contribution in [0.25, 0.3) is 10.9 Å². The summed E-state index contributed by atoms with van der Waals surface area (Å²) in [6, 6.07) is 11.0. The summed E-state index contributed by atoms with van der Waals surface area (Å²) in [5, 5.41) is 13.9. The molecule has 0 aliphatic heterocycles. The van der Waals surface area contributed by atoms with Gasteiger partial charge in [0.15, 0.2) is 0 Å². The van der Waals surface area contributed by atoms with Gasteiger partial charge in [0.1, 0.15) is 17.2 Å². The average molecular weight is 314 g/mol. The van der Waals surface area contributed by atoms with Gasteiger partial charge in [-0.25, -0.2) is 8.78 Å². The van der Waals surface area contributed by atoms with Crippen LogP contribution in [0.3, 0.4) is 0 Å². The molecule has 1 heterocycles. The van der Waals surface area contributed by atoms with E-state index in [9.17, 15) is 13.9 Å². The smallest absolute Gasteiger partial charge is 0.149 e. The normalized spacial score (nSPS) is 11.7. The number of halogens is 2. The highest BCUT2D eigenvalue weighted by Gasteiger charge is 2.24. The number of nitrogens with one attached hydrogen (secondary N) is 1. The molecule has 2 N–H and O–H groups in total. The van der Waals surface area contributed by atoms with Crippen molar-refractivity contribution in [2.45, 2.75) is 19.4 Å². The Morgan fingerprint density at radius 3 is 2.48 bits per heavy atom. The number of aromatic nitrogens is 1. The molecule has 0 bridgehead atoms. The number of hydrogen-bond donors (Lipinski definition) is 2. The summed E-state index contributed by atoms with van der Waals surface area (Å²) in [4.78, 5) is 4.10. The molecule has 0 fully saturated rings. The second-order valence-corrected chi connectivity index (χ2v) is 5.88. The highest BCUT2D eigenvalue weighted by Crippen LogP contribution is 2.32. The van der Waals surface area contributed by atoms with Crippen LogP contribution >= 0.6 is 0 Å². The number of rotatable bonds is 3. The first-order valence-corrected chi connectivity index (χ1v) is 7.19. The van der Waals surface area contributed by atoms with Crippen LogP contribution in [0.15, 0.2) is 48.7 Å². The van der Waals surface area contributed by atoms with E-state index in [0.717, 1.165) is 0 Å². The second kappa shape index (κ2) is 5.59. The van der Waals surface area contributed by atoms with Gasteiger partial charge in [0.25, 0.3) is 0 Å². The molecule has 2 aromatic carbocycles. The lowest BCUT2D eigenvalue weighted by Crippen LogP contribution is -2.19. The molecule has 0 spiro atoms. The van der Waals surface area contributed by atoms with E-state index in [1.165, 1.54) is 32.2 Å². The Morgan fingerprint density at radius 1 is 1.04 bits per heavy atom. The number of fused-ring (bicyclic) bond motifs is 1. The number of hydrogen-bond acceptors (Lipinski definition) is 3. The molecule has 0 atom stereocenters. The molecule has 0 unspecified atom stereocenters. The van der Waals surface area contributed by atoms with E-state index in [1.807, 2.05) is 0 Å². The average Bonchev–Trinajstić information content (AvgIpc) is 2.46. The lowest BCUT2D eigenvalue weighted by molar-refractivity contribution is 0.0754. The first kappa shape index (κ1) is 15.4. The fraction of sp³-hybridized carbons (Fsp3) is 0.167. The maximum Gasteiger partial charge on any atom is 0.149 e. The summed E-state index contributed by atoms with van der Waals surface area (Å²) in [6.45, 7) is 3.04. The topological polar surface area (TPSA) is 45.1 Å². The molecule has 0 saturated heterocycles. The van der Waals surface area contributed by atoms with E-state index < -0.39 is 17.2 Å². The fourth-order valence-electron chi connectivity index (χ4n) is 2.60. The van der Waals surface area contributed by atoms with Gasteiger partial charge in [-0.2, -0.15) is 0 Å². The lowest BCUT2D eigenvalue weighted by Gasteiger charge is -2.23. The number of benzene rings is 2. The van der Waals surface area contributed by atoms with Gasteiger partial charge in [0.2, 0.25) is 0 Å². The predicted molar refractivity (Wildman–Crippen MR) is 86.6 cm³/mol. The molecule has 118 valence electrons. The molecule has 3 nitrogen and oxygen atoms in total. The largest absolute Gasteiger partial charge is 0.386 e. The van der Waals surface area contributed by atoms with Crippen LogP contribution in [0.1, 0.15) is 19.4 Å². The molecular formula is C18H16F2N2O. The maximum atomic E-state index is 14.1. The Morgan fingerprint density at radius 2 is 1.74 bits per heavy atom. The van der Waals surface area contributed by atoms with Crippen LogP contribution in [-0.4, -0.2) is 10.1 Å². The van der Waals surface area contributed by atoms with E-state index in [-0.39, 0.29) is 11.1 Å². The first-order chi connectivity index (χ1) is 10.9. The van der Waals surface area contributed by atoms with E-state index in [0.29, 0.717) is 16.8 Å². The summed E-state index contributed by atoms with van der Waals surface area (Å²) in [5.41, 5.74) is 0.123. The van der Waals surface area contributed by atoms with Gasteiger partial charge in [-0.05, 0) is 38.1 Å². The Labute approximate surface area is 132 Å². The summed E-state index contributed by atoms with van der Waals surface area (Å²) < 4.78 is 27.7. The second-order valence-electron chi connectivity index (χ2n) is 5.88. The third-order valence-corrected chi connectivity index (χ3v) is 3.57. The summed E-state index contributed by atoms with van der Waals surface area (Å²) >= 11 is 0. The molecule has 0 amide bonds. The van der Waals surface area contributed by atoms with Crippen LogP contribution in [0.2, 0.25) is 0 Å². The number of pyridine rings is 1. The van der Waals surface area contributed by atoms with E-state index in [4.69, 9.17) is 0 Å². The van der Waals surface area contributed by atoms with Crippen molar-refractivity contribution >= 4 is 22.3 Å². The SMILES string of the molecule is CC(C)(O)c1c(F)cccc1Nc1cnc2c(F)cccc2c1. The van der Waals surface area contributed by atoms with Crippen LogP contribution in [0.5, 0.6) is 0 Å². The summed E-state index contributed by atoms with van der Waals surface area (Å²) in [7, 11) is 0. The zero-order chi connectivity index (χ0) is 16.6. The minimum absolute atomic E-state index is 0.166. The zero-order valence-electron chi connectivity index (χ0n) is 12.8. The molecule has 0 aliphatic rings. The molecule has 3 rings (SSSR count). The number of nitrogens with zero attached hydrogens (tertiary/aromatic N) is 1. The highest BCUT2D eigenvalue weighted by molar-refractivity contribution is 5.83. The fourth-order valence-corrected chi connectivity index (χ4v) is 2.60. The van der Waals surface area contributed by atoms with Gasteiger partial charge in [0, 0.05) is 16.6 Å². The molecule has 23 heavy (non-hydrogen) atoms. The van der Waals surface area contributed by atoms with Crippen LogP contribution in [0, 0.1) is 11.6 Å². The lowest BCUT2D eigenvalue weighted by atomic mass is 9.95. The number of aliphatic hydroxyl groups is 1. The van der Waals surface area contributed by atoms with Gasteiger partial charge < -0.3 is 10.4 Å². The minimum Gasteiger partial charge on any atom is -0.386 e. The van der Waals surface area contributed by atoms with Gasteiger partial charge >= 0.3 is 0 Å². The van der Waals surface area contributed by atoms with Crippen molar-refractivity contribution < 1.29 is 13.9 Å². The first-order valence-electron chi connectivity index (χ1n) is 7.19. The van der Waals surface area contributed by atoms with Gasteiger partial charge in [0.05, 0.1) is 17.5 Å². The minimum atomic E-state index is -1.34. The van der Waals surface area contributed by atoms with Crippen LogP contribution in [-0.2, 0) is 5.60 Å². The predicted octanol–water partition coefficient (Wildman–Crippen LogP) is 4.48. The van der Waals surface area contributed by atoms with Crippen molar-refractivity contribution in [1.82, 2.24) is 4.98 Å². The Bertz CT molecular complexity index is 873. The Hall–Kier alpha value is -2.53. The van der Waals surface area contributed by atoms with Crippen LogP contribution < -0.4 is 5.32 Å². The molecule has 0 aliphatic carbocycles. The number of para-hydroxylation sites is 1. The Kier molecular flexibility index (Phi) is 3.74. The van der Waals surface area contributed by atoms with E-state index in [2.05, 4.69) is 10.3 Å². The number of anilines is 2. The quantitative estimate of drug-likeness (QED) is 0.749. The van der Waals surface area contributed by atoms with Crippen molar-refractivity contribution in [3.8, 4) is 0 Å². The van der Waals surface area contributed by atoms with Gasteiger partial charge in [-0.15, -0.1) is 0 Å². The van der Waals surface area contributed by atoms with E-state index >= 15 is 0 Å². The standard InChI is InChI=1S/C18H16F2N2O/c1-18(2,23)16-13(19)6-4-8-15(16)22-12-9-11-5-3-7-14(20)17(11)21-10-12/h3-10,22-23H,1-2H3. The van der Waals surface area contributed by atoms with Crippen LogP contribution in [0.4, 0.5) is 20.2 Å². The molecular weight excluding hydrogens is 298 g/mol. The van der Waals surface area contributed by atoms with Crippen molar-refractivity contribution in [3.05, 3.63) is 65.9 Å². The van der Waals surface area contributed by atoms with E-state index in [1.54, 1.807) is 30.3 Å². The van der Waals surface area contributed by atoms with Crippen molar-refractivity contribution in [2.24, 2.45) is 0 Å². The maximum absolute atomic E-state index is 14.1. The molecule has 5 heteroatoms. The molecule has 0 saturated carbocycles. The molecule has 0 radical (unpaired) electrons. The highest BCUT2D eigenvalue weighted by atomic mass is 19.1. The third-order valence-electron chi connectivity index (χ3n) is 3.57. The van der Waals surface area contributed by atoms with Crippen molar-refractivity contribution in [1.29, 1.82) is 0 Å².